The highest BCUT2D eigenvalue weighted by atomic mass is 32.1. The molecule has 5 heteroatoms. The smallest absolute Gasteiger partial charge is 0.193 e. The lowest BCUT2D eigenvalue weighted by atomic mass is 10.0. The van der Waals surface area contributed by atoms with Gasteiger partial charge in [-0.25, -0.2) is 4.98 Å². The quantitative estimate of drug-likeness (QED) is 0.803. The van der Waals surface area contributed by atoms with Gasteiger partial charge in [0.1, 0.15) is 5.75 Å². The summed E-state index contributed by atoms with van der Waals surface area (Å²) in [7, 11) is 1.62. The fourth-order valence-corrected chi connectivity index (χ4v) is 3.02. The molecule has 1 atom stereocenters. The highest BCUT2D eigenvalue weighted by Gasteiger charge is 2.16. The summed E-state index contributed by atoms with van der Waals surface area (Å²) in [6, 6.07) is 5.82. The molecule has 0 spiro atoms. The van der Waals surface area contributed by atoms with Crippen LogP contribution in [-0.4, -0.2) is 21.6 Å². The van der Waals surface area contributed by atoms with Crippen LogP contribution in [0.4, 0.5) is 0 Å². The standard InChI is InChI=1S/C15H16N2O2S/c1-10-3-4-14(19-2)12(7-10)13(18)8-11-9-17-5-6-20-15(17)16-11/h3-7,9,13,18H,8H2,1-2H3. The molecular formula is C15H16N2O2S. The number of aryl methyl sites for hydroxylation is 1. The summed E-state index contributed by atoms with van der Waals surface area (Å²) in [6.45, 7) is 2.00. The van der Waals surface area contributed by atoms with E-state index in [4.69, 9.17) is 4.74 Å². The molecule has 0 bridgehead atoms. The van der Waals surface area contributed by atoms with Crippen LogP contribution in [0.2, 0.25) is 0 Å². The van der Waals surface area contributed by atoms with Gasteiger partial charge < -0.3 is 9.84 Å². The van der Waals surface area contributed by atoms with Gasteiger partial charge in [-0.1, -0.05) is 11.6 Å². The van der Waals surface area contributed by atoms with Crippen molar-refractivity contribution < 1.29 is 9.84 Å². The van der Waals surface area contributed by atoms with Gasteiger partial charge in [-0.3, -0.25) is 4.40 Å². The minimum atomic E-state index is -0.616. The molecule has 104 valence electrons. The molecule has 1 N–H and O–H groups in total. The average molecular weight is 288 g/mol. The minimum Gasteiger partial charge on any atom is -0.496 e. The monoisotopic (exact) mass is 288 g/mol. The van der Waals surface area contributed by atoms with Gasteiger partial charge in [0, 0.05) is 29.8 Å². The van der Waals surface area contributed by atoms with Gasteiger partial charge in [-0.2, -0.15) is 0 Å². The Morgan fingerprint density at radius 2 is 2.30 bits per heavy atom. The van der Waals surface area contributed by atoms with E-state index in [-0.39, 0.29) is 0 Å². The SMILES string of the molecule is COc1ccc(C)cc1C(O)Cc1cn2ccsc2n1. The van der Waals surface area contributed by atoms with Crippen molar-refractivity contribution in [3.8, 4) is 5.75 Å². The third-order valence-electron chi connectivity index (χ3n) is 3.29. The molecule has 2 heterocycles. The topological polar surface area (TPSA) is 46.8 Å². The second-order valence-corrected chi connectivity index (χ2v) is 5.66. The Bertz CT molecular complexity index is 704. The molecule has 0 radical (unpaired) electrons. The highest BCUT2D eigenvalue weighted by Crippen LogP contribution is 2.28. The number of hydrogen-bond acceptors (Lipinski definition) is 4. The van der Waals surface area contributed by atoms with Crippen molar-refractivity contribution in [1.82, 2.24) is 9.38 Å². The Balaban J connectivity index is 1.87. The van der Waals surface area contributed by atoms with Crippen molar-refractivity contribution in [3.63, 3.8) is 0 Å². The Labute approximate surface area is 121 Å². The van der Waals surface area contributed by atoms with Crippen LogP contribution in [0.1, 0.15) is 22.9 Å². The maximum absolute atomic E-state index is 10.4. The van der Waals surface area contributed by atoms with E-state index in [0.717, 1.165) is 21.8 Å². The van der Waals surface area contributed by atoms with Gasteiger partial charge in [-0.15, -0.1) is 11.3 Å². The predicted octanol–water partition coefficient (Wildman–Crippen LogP) is 2.99. The highest BCUT2D eigenvalue weighted by molar-refractivity contribution is 7.15. The maximum atomic E-state index is 10.4. The van der Waals surface area contributed by atoms with Crippen LogP contribution in [0.5, 0.6) is 5.75 Å². The first-order valence-corrected chi connectivity index (χ1v) is 7.29. The van der Waals surface area contributed by atoms with E-state index in [9.17, 15) is 5.11 Å². The van der Waals surface area contributed by atoms with Gasteiger partial charge in [0.2, 0.25) is 0 Å². The Morgan fingerprint density at radius 3 is 3.05 bits per heavy atom. The lowest BCUT2D eigenvalue weighted by molar-refractivity contribution is 0.173. The minimum absolute atomic E-state index is 0.480. The van der Waals surface area contributed by atoms with Crippen molar-refractivity contribution in [3.05, 3.63) is 52.8 Å². The summed E-state index contributed by atoms with van der Waals surface area (Å²) in [4.78, 5) is 5.44. The number of benzene rings is 1. The van der Waals surface area contributed by atoms with Gasteiger partial charge in [0.25, 0.3) is 0 Å². The molecule has 2 aromatic heterocycles. The summed E-state index contributed by atoms with van der Waals surface area (Å²) in [6.07, 6.45) is 3.79. The van der Waals surface area contributed by atoms with E-state index in [1.165, 1.54) is 0 Å². The zero-order chi connectivity index (χ0) is 14.1. The fraction of sp³-hybridized carbons (Fsp3) is 0.267. The van der Waals surface area contributed by atoms with Gasteiger partial charge in [0.05, 0.1) is 18.9 Å². The molecule has 0 saturated heterocycles. The number of nitrogens with zero attached hydrogens (tertiary/aromatic N) is 2. The molecule has 3 aromatic rings. The van der Waals surface area contributed by atoms with E-state index in [2.05, 4.69) is 4.98 Å². The van der Waals surface area contributed by atoms with Crippen molar-refractivity contribution >= 4 is 16.3 Å². The molecule has 0 aliphatic carbocycles. The number of ether oxygens (including phenoxy) is 1. The summed E-state index contributed by atoms with van der Waals surface area (Å²) in [5.74, 6) is 0.712. The normalized spacial score (nSPS) is 12.8. The number of fused-ring (bicyclic) bond motifs is 1. The third-order valence-corrected chi connectivity index (χ3v) is 4.06. The molecule has 0 aliphatic heterocycles. The van der Waals surface area contributed by atoms with Gasteiger partial charge in [0.15, 0.2) is 4.96 Å². The number of aliphatic hydroxyl groups is 1. The fourth-order valence-electron chi connectivity index (χ4n) is 2.30. The van der Waals surface area contributed by atoms with E-state index in [1.807, 2.05) is 47.3 Å². The summed E-state index contributed by atoms with van der Waals surface area (Å²) in [5.41, 5.74) is 2.79. The first-order chi connectivity index (χ1) is 9.67. The molecule has 3 rings (SSSR count). The Kier molecular flexibility index (Phi) is 3.46. The molecule has 0 fully saturated rings. The number of rotatable bonds is 4. The third kappa shape index (κ3) is 2.42. The molecule has 1 aromatic carbocycles. The summed E-state index contributed by atoms with van der Waals surface area (Å²) in [5, 5.41) is 12.4. The Morgan fingerprint density at radius 1 is 1.45 bits per heavy atom. The van der Waals surface area contributed by atoms with Crippen molar-refractivity contribution in [1.29, 1.82) is 0 Å². The second kappa shape index (κ2) is 5.26. The molecule has 0 saturated carbocycles. The van der Waals surface area contributed by atoms with E-state index in [0.29, 0.717) is 12.2 Å². The predicted molar refractivity (Wildman–Crippen MR) is 79.5 cm³/mol. The average Bonchev–Trinajstić information content (AvgIpc) is 2.99. The van der Waals surface area contributed by atoms with Gasteiger partial charge in [-0.05, 0) is 19.1 Å². The van der Waals surface area contributed by atoms with Crippen molar-refractivity contribution in [2.75, 3.05) is 7.11 Å². The van der Waals surface area contributed by atoms with E-state index >= 15 is 0 Å². The van der Waals surface area contributed by atoms with E-state index < -0.39 is 6.10 Å². The number of aromatic nitrogens is 2. The van der Waals surface area contributed by atoms with Crippen LogP contribution in [0, 0.1) is 6.92 Å². The number of imidazole rings is 1. The maximum Gasteiger partial charge on any atom is 0.193 e. The first kappa shape index (κ1) is 13.1. The molecule has 0 amide bonds. The number of thiazole rings is 1. The lowest BCUT2D eigenvalue weighted by Crippen LogP contribution is -2.05. The summed E-state index contributed by atoms with van der Waals surface area (Å²) >= 11 is 1.59. The largest absolute Gasteiger partial charge is 0.496 e. The molecule has 20 heavy (non-hydrogen) atoms. The van der Waals surface area contributed by atoms with Gasteiger partial charge >= 0.3 is 0 Å². The van der Waals surface area contributed by atoms with Crippen LogP contribution >= 0.6 is 11.3 Å². The molecule has 4 nitrogen and oxygen atoms in total. The van der Waals surface area contributed by atoms with Crippen LogP contribution < -0.4 is 4.74 Å². The van der Waals surface area contributed by atoms with Crippen LogP contribution in [0.25, 0.3) is 4.96 Å². The molecule has 0 aliphatic rings. The zero-order valence-corrected chi connectivity index (χ0v) is 12.2. The van der Waals surface area contributed by atoms with Crippen molar-refractivity contribution in [2.24, 2.45) is 0 Å². The van der Waals surface area contributed by atoms with Crippen LogP contribution in [-0.2, 0) is 6.42 Å². The molecular weight excluding hydrogens is 272 g/mol. The second-order valence-electron chi connectivity index (χ2n) is 4.79. The number of aliphatic hydroxyl groups excluding tert-OH is 1. The lowest BCUT2D eigenvalue weighted by Gasteiger charge is -2.14. The zero-order valence-electron chi connectivity index (χ0n) is 11.4. The molecule has 1 unspecified atom stereocenters. The number of hydrogen-bond donors (Lipinski definition) is 1. The first-order valence-electron chi connectivity index (χ1n) is 6.41. The number of methoxy groups -OCH3 is 1. The Hall–Kier alpha value is -1.85. The van der Waals surface area contributed by atoms with Crippen molar-refractivity contribution in [2.45, 2.75) is 19.4 Å². The van der Waals surface area contributed by atoms with E-state index in [1.54, 1.807) is 18.4 Å². The van der Waals surface area contributed by atoms with Crippen LogP contribution in [0.3, 0.4) is 0 Å². The summed E-state index contributed by atoms with van der Waals surface area (Å²) < 4.78 is 7.29. The van der Waals surface area contributed by atoms with Crippen LogP contribution in [0.15, 0.2) is 36.0 Å².